The lowest BCUT2D eigenvalue weighted by Crippen LogP contribution is -2.04. The fourth-order valence-corrected chi connectivity index (χ4v) is 2.63. The molecule has 4 heteroatoms. The second kappa shape index (κ2) is 9.62. The van der Waals surface area contributed by atoms with Crippen molar-refractivity contribution in [1.82, 2.24) is 0 Å². The van der Waals surface area contributed by atoms with E-state index in [1.54, 1.807) is 7.11 Å². The van der Waals surface area contributed by atoms with Gasteiger partial charge in [-0.2, -0.15) is 0 Å². The minimum atomic E-state index is 0.601. The highest BCUT2D eigenvalue weighted by Gasteiger charge is 2.12. The fourth-order valence-electron chi connectivity index (χ4n) is 2.63. The Balaban J connectivity index is 2.15. The predicted octanol–water partition coefficient (Wildman–Crippen LogP) is 4.83. The molecule has 0 aromatic heterocycles. The first-order valence-electron chi connectivity index (χ1n) is 8.62. The Morgan fingerprint density at radius 2 is 1.76 bits per heavy atom. The normalized spacial score (nSPS) is 10.2. The lowest BCUT2D eigenvalue weighted by Gasteiger charge is -2.16. The zero-order chi connectivity index (χ0) is 18.1. The van der Waals surface area contributed by atoms with Gasteiger partial charge in [0.05, 0.1) is 20.3 Å². The van der Waals surface area contributed by atoms with Crippen LogP contribution in [0.15, 0.2) is 49.1 Å². The quantitative estimate of drug-likeness (QED) is 0.628. The summed E-state index contributed by atoms with van der Waals surface area (Å²) in [5.41, 5.74) is 3.26. The molecule has 0 aliphatic carbocycles. The van der Waals surface area contributed by atoms with Crippen LogP contribution in [0.4, 0.5) is 5.69 Å². The van der Waals surface area contributed by atoms with Crippen LogP contribution in [0.2, 0.25) is 0 Å². The van der Waals surface area contributed by atoms with Crippen LogP contribution < -0.4 is 19.5 Å². The van der Waals surface area contributed by atoms with Gasteiger partial charge in [-0.15, -0.1) is 6.58 Å². The lowest BCUT2D eigenvalue weighted by molar-refractivity contribution is 0.308. The molecule has 4 nitrogen and oxygen atoms in total. The molecule has 0 saturated carbocycles. The van der Waals surface area contributed by atoms with E-state index in [-0.39, 0.29) is 0 Å². The van der Waals surface area contributed by atoms with E-state index in [1.807, 2.05) is 50.3 Å². The van der Waals surface area contributed by atoms with Crippen molar-refractivity contribution in [2.45, 2.75) is 26.8 Å². The molecule has 134 valence electrons. The molecule has 0 amide bonds. The van der Waals surface area contributed by atoms with E-state index in [0.29, 0.717) is 19.8 Å². The zero-order valence-electron chi connectivity index (χ0n) is 15.3. The number of rotatable bonds is 10. The van der Waals surface area contributed by atoms with E-state index in [1.165, 1.54) is 0 Å². The summed E-state index contributed by atoms with van der Waals surface area (Å²) in [6.45, 7) is 9.75. The third-order valence-electron chi connectivity index (χ3n) is 3.73. The van der Waals surface area contributed by atoms with Gasteiger partial charge in [0.2, 0.25) is 0 Å². The maximum absolute atomic E-state index is 5.76. The first kappa shape index (κ1) is 18.7. The van der Waals surface area contributed by atoms with Gasteiger partial charge in [0.1, 0.15) is 5.75 Å². The largest absolute Gasteiger partial charge is 0.494 e. The minimum absolute atomic E-state index is 0.601. The van der Waals surface area contributed by atoms with Crippen molar-refractivity contribution < 1.29 is 14.2 Å². The van der Waals surface area contributed by atoms with Gasteiger partial charge < -0.3 is 19.5 Å². The van der Waals surface area contributed by atoms with Gasteiger partial charge in [-0.05, 0) is 62.2 Å². The lowest BCUT2D eigenvalue weighted by atomic mass is 10.1. The number of ether oxygens (including phenoxy) is 3. The number of benzene rings is 2. The average Bonchev–Trinajstić information content (AvgIpc) is 2.63. The van der Waals surface area contributed by atoms with E-state index in [4.69, 9.17) is 14.2 Å². The summed E-state index contributed by atoms with van der Waals surface area (Å²) < 4.78 is 16.7. The Hall–Kier alpha value is -2.62. The third kappa shape index (κ3) is 5.18. The van der Waals surface area contributed by atoms with Gasteiger partial charge in [-0.25, -0.2) is 0 Å². The van der Waals surface area contributed by atoms with Crippen LogP contribution in [-0.2, 0) is 13.0 Å². The van der Waals surface area contributed by atoms with Gasteiger partial charge in [0.15, 0.2) is 11.5 Å². The van der Waals surface area contributed by atoms with Gasteiger partial charge in [0, 0.05) is 17.8 Å². The van der Waals surface area contributed by atoms with Crippen LogP contribution >= 0.6 is 0 Å². The van der Waals surface area contributed by atoms with Crippen molar-refractivity contribution in [3.63, 3.8) is 0 Å². The van der Waals surface area contributed by atoms with E-state index < -0.39 is 0 Å². The maximum Gasteiger partial charge on any atom is 0.164 e. The van der Waals surface area contributed by atoms with E-state index in [0.717, 1.165) is 40.5 Å². The van der Waals surface area contributed by atoms with E-state index in [9.17, 15) is 0 Å². The molecule has 0 aliphatic heterocycles. The molecule has 0 heterocycles. The second-order valence-electron chi connectivity index (χ2n) is 5.52. The first-order valence-corrected chi connectivity index (χ1v) is 8.62. The van der Waals surface area contributed by atoms with Crippen molar-refractivity contribution in [2.75, 3.05) is 25.6 Å². The fraction of sp³-hybridized carbons (Fsp3) is 0.333. The number of methoxy groups -OCH3 is 1. The van der Waals surface area contributed by atoms with Gasteiger partial charge in [-0.1, -0.05) is 6.08 Å². The smallest absolute Gasteiger partial charge is 0.164 e. The highest BCUT2D eigenvalue weighted by molar-refractivity contribution is 5.52. The molecule has 0 saturated heterocycles. The molecule has 0 aliphatic rings. The summed E-state index contributed by atoms with van der Waals surface area (Å²) in [6, 6.07) is 12.1. The minimum Gasteiger partial charge on any atom is -0.494 e. The summed E-state index contributed by atoms with van der Waals surface area (Å²) in [6.07, 6.45) is 2.61. The summed E-state index contributed by atoms with van der Waals surface area (Å²) in [5.74, 6) is 2.43. The molecular weight excluding hydrogens is 314 g/mol. The van der Waals surface area contributed by atoms with Crippen molar-refractivity contribution in [1.29, 1.82) is 0 Å². The maximum atomic E-state index is 5.76. The van der Waals surface area contributed by atoms with E-state index in [2.05, 4.69) is 18.0 Å². The number of hydrogen-bond acceptors (Lipinski definition) is 4. The Bertz CT molecular complexity index is 680. The molecule has 0 bridgehead atoms. The van der Waals surface area contributed by atoms with Crippen molar-refractivity contribution in [2.24, 2.45) is 0 Å². The molecule has 2 aromatic rings. The predicted molar refractivity (Wildman–Crippen MR) is 103 cm³/mol. The molecular formula is C21H27NO3. The molecule has 25 heavy (non-hydrogen) atoms. The van der Waals surface area contributed by atoms with Gasteiger partial charge in [0.25, 0.3) is 0 Å². The second-order valence-corrected chi connectivity index (χ2v) is 5.52. The Kier molecular flexibility index (Phi) is 7.20. The zero-order valence-corrected chi connectivity index (χ0v) is 15.3. The summed E-state index contributed by atoms with van der Waals surface area (Å²) in [7, 11) is 1.67. The molecule has 2 aromatic carbocycles. The molecule has 1 N–H and O–H groups in total. The monoisotopic (exact) mass is 341 g/mol. The number of hydrogen-bond donors (Lipinski definition) is 1. The van der Waals surface area contributed by atoms with E-state index >= 15 is 0 Å². The summed E-state index contributed by atoms with van der Waals surface area (Å²) in [4.78, 5) is 0. The summed E-state index contributed by atoms with van der Waals surface area (Å²) in [5, 5.41) is 3.42. The van der Waals surface area contributed by atoms with Gasteiger partial charge in [-0.3, -0.25) is 0 Å². The number of allylic oxidation sites excluding steroid dienone is 1. The van der Waals surface area contributed by atoms with Crippen molar-refractivity contribution in [3.8, 4) is 17.2 Å². The van der Waals surface area contributed by atoms with Crippen LogP contribution in [-0.4, -0.2) is 20.3 Å². The van der Waals surface area contributed by atoms with Crippen molar-refractivity contribution >= 4 is 5.69 Å². The topological polar surface area (TPSA) is 39.7 Å². The average molecular weight is 341 g/mol. The molecule has 0 atom stereocenters. The highest BCUT2D eigenvalue weighted by atomic mass is 16.5. The standard InChI is InChI=1S/C21H27NO3/c1-5-8-17-13-16(14-20(23-4)21(17)25-7-3)15-22-18-9-11-19(12-10-18)24-6-2/h5,9-14,22H,1,6-8,15H2,2-4H3. The summed E-state index contributed by atoms with van der Waals surface area (Å²) >= 11 is 0. The van der Waals surface area contributed by atoms with Crippen LogP contribution in [0.1, 0.15) is 25.0 Å². The van der Waals surface area contributed by atoms with Crippen LogP contribution in [0.3, 0.4) is 0 Å². The number of anilines is 1. The molecule has 0 fully saturated rings. The third-order valence-corrected chi connectivity index (χ3v) is 3.73. The van der Waals surface area contributed by atoms with Gasteiger partial charge >= 0.3 is 0 Å². The van der Waals surface area contributed by atoms with Crippen LogP contribution in [0.25, 0.3) is 0 Å². The molecule has 0 unspecified atom stereocenters. The first-order chi connectivity index (χ1) is 12.2. The SMILES string of the molecule is C=CCc1cc(CNc2ccc(OCC)cc2)cc(OC)c1OCC. The van der Waals surface area contributed by atoms with Crippen molar-refractivity contribution in [3.05, 3.63) is 60.2 Å². The highest BCUT2D eigenvalue weighted by Crippen LogP contribution is 2.34. The number of nitrogens with one attached hydrogen (secondary N) is 1. The van der Waals surface area contributed by atoms with Crippen LogP contribution in [0.5, 0.6) is 17.2 Å². The molecule has 2 rings (SSSR count). The molecule has 0 spiro atoms. The van der Waals surface area contributed by atoms with Crippen LogP contribution in [0, 0.1) is 0 Å². The Morgan fingerprint density at radius 3 is 2.36 bits per heavy atom. The Labute approximate surface area is 150 Å². The Morgan fingerprint density at radius 1 is 1.04 bits per heavy atom. The molecule has 0 radical (unpaired) electrons.